The van der Waals surface area contributed by atoms with E-state index in [4.69, 9.17) is 4.74 Å². The average molecular weight is 341 g/mol. The second-order valence-electron chi connectivity index (χ2n) is 5.55. The highest BCUT2D eigenvalue weighted by Crippen LogP contribution is 2.26. The van der Waals surface area contributed by atoms with E-state index in [9.17, 15) is 9.59 Å². The van der Waals surface area contributed by atoms with E-state index in [1.54, 1.807) is 24.4 Å². The van der Waals surface area contributed by atoms with Gasteiger partial charge in [0, 0.05) is 24.5 Å². The van der Waals surface area contributed by atoms with Crippen LogP contribution < -0.4 is 15.4 Å². The molecule has 6 nitrogen and oxygen atoms in total. The van der Waals surface area contributed by atoms with Crippen LogP contribution in [0.1, 0.15) is 36.2 Å². The third-order valence-corrected chi connectivity index (χ3v) is 3.58. The van der Waals surface area contributed by atoms with Crippen molar-refractivity contribution < 1.29 is 14.3 Å². The van der Waals surface area contributed by atoms with Gasteiger partial charge in [0.25, 0.3) is 0 Å². The van der Waals surface area contributed by atoms with Crippen molar-refractivity contribution in [1.82, 2.24) is 10.3 Å². The van der Waals surface area contributed by atoms with Gasteiger partial charge in [0.1, 0.15) is 5.75 Å². The largest absolute Gasteiger partial charge is 0.492 e. The Balaban J connectivity index is 1.88. The number of urea groups is 1. The number of hydrogen-bond donors (Lipinski definition) is 2. The quantitative estimate of drug-likeness (QED) is 0.569. The maximum absolute atomic E-state index is 12.1. The van der Waals surface area contributed by atoms with E-state index in [-0.39, 0.29) is 11.8 Å². The summed E-state index contributed by atoms with van der Waals surface area (Å²) in [7, 11) is 0. The van der Waals surface area contributed by atoms with Crippen LogP contribution in [0.4, 0.5) is 10.5 Å². The summed E-state index contributed by atoms with van der Waals surface area (Å²) in [6.07, 6.45) is 5.21. The Morgan fingerprint density at radius 3 is 2.76 bits per heavy atom. The van der Waals surface area contributed by atoms with Gasteiger partial charge in [0.2, 0.25) is 0 Å². The number of carbonyl (C=O) groups is 2. The van der Waals surface area contributed by atoms with Crippen molar-refractivity contribution in [1.29, 1.82) is 0 Å². The minimum Gasteiger partial charge on any atom is -0.492 e. The van der Waals surface area contributed by atoms with Gasteiger partial charge in [-0.05, 0) is 56.5 Å². The van der Waals surface area contributed by atoms with Crippen LogP contribution in [0.3, 0.4) is 0 Å². The number of amides is 2. The fourth-order valence-electron chi connectivity index (χ4n) is 2.33. The number of pyridine rings is 1. The Bertz CT molecular complexity index is 717. The zero-order valence-electron chi connectivity index (χ0n) is 14.5. The molecule has 0 aliphatic rings. The average Bonchev–Trinajstić information content (AvgIpc) is 2.61. The molecule has 0 saturated heterocycles. The van der Waals surface area contributed by atoms with Crippen molar-refractivity contribution in [2.24, 2.45) is 0 Å². The van der Waals surface area contributed by atoms with Crippen molar-refractivity contribution in [3.63, 3.8) is 0 Å². The summed E-state index contributed by atoms with van der Waals surface area (Å²) >= 11 is 0. The van der Waals surface area contributed by atoms with E-state index >= 15 is 0 Å². The molecule has 1 aromatic carbocycles. The molecule has 1 heterocycles. The highest BCUT2D eigenvalue weighted by molar-refractivity contribution is 5.97. The molecule has 2 N–H and O–H groups in total. The molecule has 132 valence electrons. The maximum Gasteiger partial charge on any atom is 0.319 e. The number of carbonyl (C=O) groups excluding carboxylic acids is 2. The molecule has 2 rings (SSSR count). The second kappa shape index (κ2) is 9.42. The molecule has 0 fully saturated rings. The lowest BCUT2D eigenvalue weighted by atomic mass is 10.1. The van der Waals surface area contributed by atoms with Crippen molar-refractivity contribution in [3.05, 3.63) is 53.9 Å². The Kier molecular flexibility index (Phi) is 6.95. The van der Waals surface area contributed by atoms with Gasteiger partial charge in [-0.25, -0.2) is 4.79 Å². The zero-order valence-corrected chi connectivity index (χ0v) is 14.5. The molecule has 6 heteroatoms. The van der Waals surface area contributed by atoms with Crippen LogP contribution in [0.25, 0.3) is 0 Å². The van der Waals surface area contributed by atoms with Crippen molar-refractivity contribution in [3.8, 4) is 5.75 Å². The van der Waals surface area contributed by atoms with Gasteiger partial charge in [-0.3, -0.25) is 9.78 Å². The fraction of sp³-hybridized carbons (Fsp3) is 0.316. The highest BCUT2D eigenvalue weighted by atomic mass is 16.5. The number of Topliss-reactive ketones (excluding diaryl/α,β-unsaturated/α-hetero) is 1. The van der Waals surface area contributed by atoms with E-state index in [0.29, 0.717) is 30.2 Å². The van der Waals surface area contributed by atoms with Gasteiger partial charge in [0.05, 0.1) is 12.3 Å². The maximum atomic E-state index is 12.1. The molecule has 2 amide bonds. The summed E-state index contributed by atoms with van der Waals surface area (Å²) in [5, 5.41) is 5.56. The Labute approximate surface area is 147 Å². The first-order chi connectivity index (χ1) is 12.1. The van der Waals surface area contributed by atoms with E-state index in [0.717, 1.165) is 18.4 Å². The highest BCUT2D eigenvalue weighted by Gasteiger charge is 2.10. The topological polar surface area (TPSA) is 80.3 Å². The van der Waals surface area contributed by atoms with E-state index in [1.165, 1.54) is 6.92 Å². The van der Waals surface area contributed by atoms with Gasteiger partial charge in [-0.15, -0.1) is 0 Å². The number of nitrogens with zero attached hydrogens (tertiary/aromatic N) is 1. The first kappa shape index (κ1) is 18.4. The normalized spacial score (nSPS) is 10.2. The summed E-state index contributed by atoms with van der Waals surface area (Å²) < 4.78 is 5.50. The lowest BCUT2D eigenvalue weighted by molar-refractivity contribution is 0.101. The molecule has 0 spiro atoms. The molecule has 1 aromatic heterocycles. The number of aryl methyl sites for hydroxylation is 1. The first-order valence-electron chi connectivity index (χ1n) is 8.31. The third-order valence-electron chi connectivity index (χ3n) is 3.58. The second-order valence-corrected chi connectivity index (χ2v) is 5.55. The van der Waals surface area contributed by atoms with Gasteiger partial charge in [0.15, 0.2) is 5.78 Å². The summed E-state index contributed by atoms with van der Waals surface area (Å²) in [6.45, 7) is 4.36. The Morgan fingerprint density at radius 1 is 1.24 bits per heavy atom. The van der Waals surface area contributed by atoms with Gasteiger partial charge in [-0.1, -0.05) is 6.07 Å². The van der Waals surface area contributed by atoms with Crippen molar-refractivity contribution in [2.45, 2.75) is 26.7 Å². The number of anilines is 1. The Hall–Kier alpha value is -2.89. The first-order valence-corrected chi connectivity index (χ1v) is 8.31. The van der Waals surface area contributed by atoms with Crippen LogP contribution in [-0.4, -0.2) is 29.9 Å². The number of hydrogen-bond acceptors (Lipinski definition) is 4. The summed E-state index contributed by atoms with van der Waals surface area (Å²) in [4.78, 5) is 27.7. The van der Waals surface area contributed by atoms with Crippen LogP contribution in [-0.2, 0) is 6.42 Å². The SMILES string of the molecule is CCOc1ccc(C(C)=O)cc1NC(=O)NCCCc1cccnc1. The molecular weight excluding hydrogens is 318 g/mol. The number of nitrogens with one attached hydrogen (secondary N) is 2. The van der Waals surface area contributed by atoms with Crippen molar-refractivity contribution >= 4 is 17.5 Å². The summed E-state index contributed by atoms with van der Waals surface area (Å²) in [5.74, 6) is 0.473. The number of ketones is 1. The molecule has 25 heavy (non-hydrogen) atoms. The third kappa shape index (κ3) is 5.91. The van der Waals surface area contributed by atoms with Crippen LogP contribution >= 0.6 is 0 Å². The van der Waals surface area contributed by atoms with Crippen LogP contribution in [0.15, 0.2) is 42.7 Å². The fourth-order valence-corrected chi connectivity index (χ4v) is 2.33. The number of aromatic nitrogens is 1. The van der Waals surface area contributed by atoms with Gasteiger partial charge < -0.3 is 15.4 Å². The van der Waals surface area contributed by atoms with Crippen LogP contribution in [0.2, 0.25) is 0 Å². The van der Waals surface area contributed by atoms with E-state index in [2.05, 4.69) is 15.6 Å². The molecule has 0 saturated carbocycles. The molecule has 0 bridgehead atoms. The predicted molar refractivity (Wildman–Crippen MR) is 97.2 cm³/mol. The van der Waals surface area contributed by atoms with Crippen LogP contribution in [0.5, 0.6) is 5.75 Å². The summed E-state index contributed by atoms with van der Waals surface area (Å²) in [5.41, 5.74) is 2.15. The van der Waals surface area contributed by atoms with Gasteiger partial charge >= 0.3 is 6.03 Å². The summed E-state index contributed by atoms with van der Waals surface area (Å²) in [6, 6.07) is 8.58. The number of benzene rings is 1. The molecular formula is C19H23N3O3. The van der Waals surface area contributed by atoms with Crippen molar-refractivity contribution in [2.75, 3.05) is 18.5 Å². The lowest BCUT2D eigenvalue weighted by Gasteiger charge is -2.13. The Morgan fingerprint density at radius 2 is 2.08 bits per heavy atom. The molecule has 0 unspecified atom stereocenters. The minimum atomic E-state index is -0.326. The standard InChI is InChI=1S/C19H23N3O3/c1-3-25-18-9-8-16(14(2)23)12-17(18)22-19(24)21-11-5-7-15-6-4-10-20-13-15/h4,6,8-10,12-13H,3,5,7,11H2,1-2H3,(H2,21,22,24). The number of rotatable bonds is 8. The van der Waals surface area contributed by atoms with E-state index in [1.807, 2.05) is 25.3 Å². The lowest BCUT2D eigenvalue weighted by Crippen LogP contribution is -2.30. The van der Waals surface area contributed by atoms with Gasteiger partial charge in [-0.2, -0.15) is 0 Å². The molecule has 0 radical (unpaired) electrons. The monoisotopic (exact) mass is 341 g/mol. The molecule has 2 aromatic rings. The minimum absolute atomic E-state index is 0.0667. The smallest absolute Gasteiger partial charge is 0.319 e. The molecule has 0 aliphatic heterocycles. The molecule has 0 atom stereocenters. The predicted octanol–water partition coefficient (Wildman–Crippen LogP) is 3.44. The van der Waals surface area contributed by atoms with Crippen LogP contribution in [0, 0.1) is 0 Å². The zero-order chi connectivity index (χ0) is 18.1. The van der Waals surface area contributed by atoms with E-state index < -0.39 is 0 Å². The number of ether oxygens (including phenoxy) is 1. The molecule has 0 aliphatic carbocycles.